The van der Waals surface area contributed by atoms with Crippen molar-refractivity contribution >= 4 is 80.8 Å². The molecule has 35 heavy (non-hydrogen) atoms. The summed E-state index contributed by atoms with van der Waals surface area (Å²) >= 11 is 18.8. The lowest BCUT2D eigenvalue weighted by atomic mass is 10.1. The van der Waals surface area contributed by atoms with E-state index in [-0.39, 0.29) is 23.4 Å². The molecule has 1 heterocycles. The van der Waals surface area contributed by atoms with E-state index in [9.17, 15) is 9.59 Å². The number of amides is 2. The van der Waals surface area contributed by atoms with Gasteiger partial charge in [0.15, 0.2) is 10.9 Å². The Morgan fingerprint density at radius 1 is 1.09 bits per heavy atom. The molecule has 1 saturated heterocycles. The van der Waals surface area contributed by atoms with E-state index in [0.29, 0.717) is 25.7 Å². The fraction of sp³-hybridized carbons (Fsp3) is 0.115. The second-order valence-electron chi connectivity index (χ2n) is 7.79. The Morgan fingerprint density at radius 2 is 1.83 bits per heavy atom. The second-order valence-corrected chi connectivity index (χ2v) is 10.3. The molecule has 1 fully saturated rings. The molecule has 1 aliphatic heterocycles. The first kappa shape index (κ1) is 25.3. The molecule has 1 aliphatic rings. The maximum Gasteiger partial charge on any atom is 0.270 e. The minimum atomic E-state index is -0.367. The quantitative estimate of drug-likeness (QED) is 0.267. The van der Waals surface area contributed by atoms with E-state index in [0.717, 1.165) is 22.4 Å². The van der Waals surface area contributed by atoms with Gasteiger partial charge in [0, 0.05) is 0 Å². The number of anilines is 2. The highest BCUT2D eigenvalue weighted by molar-refractivity contribution is 8.27. The number of thiocarbonyl (C=S) groups is 1. The zero-order chi connectivity index (χ0) is 25.1. The number of nitrogens with one attached hydrogen (secondary N) is 1. The first-order valence-corrected chi connectivity index (χ1v) is 12.5. The normalized spacial score (nSPS) is 14.5. The second kappa shape index (κ2) is 10.8. The largest absolute Gasteiger partial charge is 0.484 e. The third-order valence-corrected chi connectivity index (χ3v) is 7.44. The van der Waals surface area contributed by atoms with Crippen LogP contribution < -0.4 is 15.0 Å². The fourth-order valence-corrected chi connectivity index (χ4v) is 4.95. The smallest absolute Gasteiger partial charge is 0.270 e. The molecule has 0 spiro atoms. The standard InChI is InChI=1S/C26H20Cl2N2O3S2/c1-15-6-9-18(12-16(15)2)30-25(32)22(35-26(30)34)13-17-7-10-19(11-8-17)33-14-23(31)29-21-5-3-4-20(27)24(21)28/h3-13H,14H2,1-2H3,(H,29,31)/b22-13-. The first-order valence-electron chi connectivity index (χ1n) is 10.5. The molecule has 0 unspecified atom stereocenters. The predicted octanol–water partition coefficient (Wildman–Crippen LogP) is 7.03. The van der Waals surface area contributed by atoms with Gasteiger partial charge in [-0.1, -0.05) is 71.4 Å². The highest BCUT2D eigenvalue weighted by atomic mass is 35.5. The summed E-state index contributed by atoms with van der Waals surface area (Å²) in [6, 6.07) is 17.9. The average Bonchev–Trinajstić information content (AvgIpc) is 3.11. The Hall–Kier alpha value is -2.84. The van der Waals surface area contributed by atoms with Crippen molar-refractivity contribution in [2.24, 2.45) is 0 Å². The maximum absolute atomic E-state index is 13.0. The number of ether oxygens (including phenoxy) is 1. The average molecular weight is 543 g/mol. The van der Waals surface area contributed by atoms with E-state index >= 15 is 0 Å². The molecular formula is C26H20Cl2N2O3S2. The molecule has 178 valence electrons. The summed E-state index contributed by atoms with van der Waals surface area (Å²) in [4.78, 5) is 27.3. The van der Waals surface area contributed by atoms with Crippen LogP contribution in [-0.2, 0) is 9.59 Å². The molecular weight excluding hydrogens is 523 g/mol. The molecule has 3 aromatic carbocycles. The predicted molar refractivity (Wildman–Crippen MR) is 149 cm³/mol. The lowest BCUT2D eigenvalue weighted by Gasteiger charge is -2.15. The SMILES string of the molecule is Cc1ccc(N2C(=O)/C(=C/c3ccc(OCC(=O)Nc4cccc(Cl)c4Cl)cc3)SC2=S)cc1C. The monoisotopic (exact) mass is 542 g/mol. The van der Waals surface area contributed by atoms with E-state index in [1.54, 1.807) is 41.3 Å². The molecule has 0 atom stereocenters. The minimum absolute atomic E-state index is 0.153. The van der Waals surface area contributed by atoms with Gasteiger partial charge in [-0.25, -0.2) is 0 Å². The van der Waals surface area contributed by atoms with Crippen molar-refractivity contribution in [1.82, 2.24) is 0 Å². The van der Waals surface area contributed by atoms with Gasteiger partial charge in [-0.3, -0.25) is 14.5 Å². The van der Waals surface area contributed by atoms with Crippen molar-refractivity contribution < 1.29 is 14.3 Å². The number of hydrogen-bond acceptors (Lipinski definition) is 5. The van der Waals surface area contributed by atoms with Crippen molar-refractivity contribution in [3.05, 3.63) is 92.3 Å². The maximum atomic E-state index is 13.0. The van der Waals surface area contributed by atoms with Crippen LogP contribution in [0.3, 0.4) is 0 Å². The fourth-order valence-electron chi connectivity index (χ4n) is 3.30. The third-order valence-electron chi connectivity index (χ3n) is 5.32. The van der Waals surface area contributed by atoms with E-state index < -0.39 is 0 Å². The number of nitrogens with zero attached hydrogens (tertiary/aromatic N) is 1. The number of aryl methyl sites for hydroxylation is 2. The Balaban J connectivity index is 1.38. The summed E-state index contributed by atoms with van der Waals surface area (Å²) in [5.41, 5.74) is 4.25. The van der Waals surface area contributed by atoms with E-state index in [2.05, 4.69) is 5.32 Å². The van der Waals surface area contributed by atoms with Crippen molar-refractivity contribution in [3.8, 4) is 5.75 Å². The van der Waals surface area contributed by atoms with Gasteiger partial charge in [0.05, 0.1) is 26.3 Å². The molecule has 4 rings (SSSR count). The van der Waals surface area contributed by atoms with Gasteiger partial charge in [0.2, 0.25) is 0 Å². The zero-order valence-corrected chi connectivity index (χ0v) is 21.9. The summed E-state index contributed by atoms with van der Waals surface area (Å²) < 4.78 is 6.05. The number of hydrogen-bond donors (Lipinski definition) is 1. The van der Waals surface area contributed by atoms with Crippen LogP contribution in [0.25, 0.3) is 6.08 Å². The molecule has 9 heteroatoms. The summed E-state index contributed by atoms with van der Waals surface area (Å²) in [5.74, 6) is -0.00893. The molecule has 1 N–H and O–H groups in total. The zero-order valence-electron chi connectivity index (χ0n) is 18.8. The van der Waals surface area contributed by atoms with Gasteiger partial charge in [-0.2, -0.15) is 0 Å². The highest BCUT2D eigenvalue weighted by Gasteiger charge is 2.33. The molecule has 2 amide bonds. The third kappa shape index (κ3) is 5.87. The number of benzene rings is 3. The van der Waals surface area contributed by atoms with E-state index in [1.807, 2.05) is 44.2 Å². The van der Waals surface area contributed by atoms with Crippen LogP contribution in [0.1, 0.15) is 16.7 Å². The summed E-state index contributed by atoms with van der Waals surface area (Å²) in [6.45, 7) is 3.83. The van der Waals surface area contributed by atoms with E-state index in [4.69, 9.17) is 40.2 Å². The molecule has 0 radical (unpaired) electrons. The lowest BCUT2D eigenvalue weighted by molar-refractivity contribution is -0.118. The Labute approximate surface area is 223 Å². The summed E-state index contributed by atoms with van der Waals surface area (Å²) in [6.07, 6.45) is 1.79. The Kier molecular flexibility index (Phi) is 7.82. The number of carbonyl (C=O) groups is 2. The number of rotatable bonds is 6. The van der Waals surface area contributed by atoms with Crippen LogP contribution in [0.15, 0.2) is 65.6 Å². The van der Waals surface area contributed by atoms with Crippen molar-refractivity contribution in [2.45, 2.75) is 13.8 Å². The van der Waals surface area contributed by atoms with Gasteiger partial charge in [-0.15, -0.1) is 0 Å². The topological polar surface area (TPSA) is 58.6 Å². The lowest BCUT2D eigenvalue weighted by Crippen LogP contribution is -2.27. The molecule has 0 saturated carbocycles. The van der Waals surface area contributed by atoms with Gasteiger partial charge < -0.3 is 10.1 Å². The summed E-state index contributed by atoms with van der Waals surface area (Å²) in [5, 5.41) is 3.29. The minimum Gasteiger partial charge on any atom is -0.484 e. The Bertz CT molecular complexity index is 1360. The van der Waals surface area contributed by atoms with E-state index in [1.165, 1.54) is 11.8 Å². The van der Waals surface area contributed by atoms with Crippen molar-refractivity contribution in [2.75, 3.05) is 16.8 Å². The van der Waals surface area contributed by atoms with Crippen LogP contribution in [-0.4, -0.2) is 22.7 Å². The Morgan fingerprint density at radius 3 is 2.54 bits per heavy atom. The van der Waals surface area contributed by atoms with Gasteiger partial charge in [-0.05, 0) is 73.0 Å². The van der Waals surface area contributed by atoms with Crippen molar-refractivity contribution in [3.63, 3.8) is 0 Å². The summed E-state index contributed by atoms with van der Waals surface area (Å²) in [7, 11) is 0. The van der Waals surface area contributed by atoms with Gasteiger partial charge >= 0.3 is 0 Å². The van der Waals surface area contributed by atoms with Gasteiger partial charge in [0.1, 0.15) is 5.75 Å². The number of halogens is 2. The molecule has 0 bridgehead atoms. The van der Waals surface area contributed by atoms with Crippen LogP contribution >= 0.6 is 47.2 Å². The van der Waals surface area contributed by atoms with Crippen LogP contribution in [0.4, 0.5) is 11.4 Å². The van der Waals surface area contributed by atoms with Gasteiger partial charge in [0.25, 0.3) is 11.8 Å². The van der Waals surface area contributed by atoms with Crippen molar-refractivity contribution in [1.29, 1.82) is 0 Å². The first-order chi connectivity index (χ1) is 16.7. The molecule has 3 aromatic rings. The molecule has 0 aliphatic carbocycles. The van der Waals surface area contributed by atoms with Crippen LogP contribution in [0.5, 0.6) is 5.75 Å². The highest BCUT2D eigenvalue weighted by Crippen LogP contribution is 2.36. The van der Waals surface area contributed by atoms with Crippen LogP contribution in [0, 0.1) is 13.8 Å². The number of carbonyl (C=O) groups excluding carboxylic acids is 2. The molecule has 5 nitrogen and oxygen atoms in total. The number of thioether (sulfide) groups is 1. The molecule has 0 aromatic heterocycles. The van der Waals surface area contributed by atoms with Crippen LogP contribution in [0.2, 0.25) is 10.0 Å².